The minimum atomic E-state index is -0.610. The second-order valence-corrected chi connectivity index (χ2v) is 14.1. The third kappa shape index (κ3) is 8.02. The normalized spacial score (nSPS) is 11.2. The number of fused-ring (bicyclic) bond motifs is 2. The van der Waals surface area contributed by atoms with E-state index in [-0.39, 0.29) is 42.8 Å². The molecule has 8 aromatic heterocycles. The first-order valence-electron chi connectivity index (χ1n) is 18.8. The first-order chi connectivity index (χ1) is 28.9. The van der Waals surface area contributed by atoms with Crippen LogP contribution in [0.5, 0.6) is 0 Å². The number of anilines is 4. The molecule has 18 heteroatoms. The average Bonchev–Trinajstić information content (AvgIpc) is 3.85. The predicted molar refractivity (Wildman–Crippen MR) is 221 cm³/mol. The van der Waals surface area contributed by atoms with Crippen LogP contribution in [0, 0.1) is 39.3 Å². The molecule has 0 atom stereocenters. The molecule has 0 saturated heterocycles. The van der Waals surface area contributed by atoms with E-state index in [0.29, 0.717) is 73.2 Å². The first-order valence-corrected chi connectivity index (χ1v) is 18.8. The van der Waals surface area contributed by atoms with Gasteiger partial charge in [-0.2, -0.15) is 10.2 Å². The van der Waals surface area contributed by atoms with Crippen molar-refractivity contribution in [1.29, 1.82) is 0 Å². The summed E-state index contributed by atoms with van der Waals surface area (Å²) in [7, 11) is 1.56. The molecule has 0 radical (unpaired) electrons. The Kier molecular flexibility index (Phi) is 10.6. The minimum Gasteiger partial charge on any atom is -0.358 e. The van der Waals surface area contributed by atoms with Gasteiger partial charge in [-0.1, -0.05) is 0 Å². The van der Waals surface area contributed by atoms with Crippen molar-refractivity contribution in [3.8, 4) is 22.8 Å². The van der Waals surface area contributed by atoms with Crippen LogP contribution in [0.15, 0.2) is 79.6 Å². The van der Waals surface area contributed by atoms with Crippen LogP contribution in [0.3, 0.4) is 0 Å². The number of nitrogens with zero attached hydrogens (tertiary/aromatic N) is 10. The van der Waals surface area contributed by atoms with Crippen molar-refractivity contribution in [3.63, 3.8) is 0 Å². The number of nitrogens with one attached hydrogen (secondary N) is 4. The largest absolute Gasteiger partial charge is 0.358 e. The average molecular weight is 809 g/mol. The smallest absolute Gasteiger partial charge is 0.242 e. The zero-order chi connectivity index (χ0) is 42.1. The van der Waals surface area contributed by atoms with E-state index in [1.54, 1.807) is 88.4 Å². The Hall–Kier alpha value is -7.76. The minimum absolute atomic E-state index is 0.0126. The molecule has 0 bridgehead atoms. The van der Waals surface area contributed by atoms with Gasteiger partial charge in [0, 0.05) is 61.1 Å². The highest BCUT2D eigenvalue weighted by molar-refractivity contribution is 5.92. The SMILES string of the molecule is CNC(=O)Cn1cc2nccc(Nc3cc(-c4nc(C)c(CNC(=O)Cn5ncc6nccc(Nc7cc(-c8nc(C)ccc8F)ncc7C)c65)cc4F)ncc3C)c2n1. The number of aryl methyl sites for hydroxylation is 4. The molecule has 8 rings (SSSR count). The lowest BCUT2D eigenvalue weighted by atomic mass is 10.1. The summed E-state index contributed by atoms with van der Waals surface area (Å²) in [5.41, 5.74) is 8.96. The van der Waals surface area contributed by atoms with Gasteiger partial charge in [-0.05, 0) is 86.8 Å². The number of halogens is 2. The molecule has 4 N–H and O–H groups in total. The number of carbonyl (C=O) groups excluding carboxylic acids is 2. The highest BCUT2D eigenvalue weighted by atomic mass is 19.1. The Morgan fingerprint density at radius 2 is 1.37 bits per heavy atom. The van der Waals surface area contributed by atoms with Gasteiger partial charge in [-0.25, -0.2) is 18.7 Å². The molecular formula is C42H38F2N14O2. The molecule has 0 saturated carbocycles. The molecule has 0 aromatic carbocycles. The molecule has 8 aromatic rings. The van der Waals surface area contributed by atoms with Crippen LogP contribution in [0.4, 0.5) is 31.5 Å². The van der Waals surface area contributed by atoms with E-state index in [9.17, 15) is 14.0 Å². The maximum absolute atomic E-state index is 15.8. The molecule has 0 aliphatic rings. The van der Waals surface area contributed by atoms with Crippen LogP contribution in [0.2, 0.25) is 0 Å². The Morgan fingerprint density at radius 3 is 2.08 bits per heavy atom. The molecule has 16 nitrogen and oxygen atoms in total. The van der Waals surface area contributed by atoms with Gasteiger partial charge in [0.25, 0.3) is 0 Å². The van der Waals surface area contributed by atoms with Crippen molar-refractivity contribution in [2.75, 3.05) is 17.7 Å². The standard InChI is InChI=1S/C42H38F2N14O2/c1-22-15-49-34(13-31(22)54-29-8-10-47-36-19-57(56-41(29)36)20-37(59)45-5)40-28(44)12-26(25(4)53-40)17-50-38(60)21-58-42-30(9-11-46-35(42)18-51-58)55-32-14-33(48-16-23(32)2)39-27(43)7-6-24(3)52-39/h6-16,18-19H,17,20-21H2,1-5H3,(H,45,59)(H,49,54)(H,50,60)(H,46,48,55). The second kappa shape index (κ2) is 16.2. The van der Waals surface area contributed by atoms with Crippen molar-refractivity contribution >= 4 is 56.6 Å². The number of likely N-dealkylation sites (N-methyl/N-ethyl adjacent to an activating group) is 1. The summed E-state index contributed by atoms with van der Waals surface area (Å²) in [5, 5.41) is 21.1. The zero-order valence-electron chi connectivity index (χ0n) is 33.2. The van der Waals surface area contributed by atoms with Gasteiger partial charge >= 0.3 is 0 Å². The lowest BCUT2D eigenvalue weighted by molar-refractivity contribution is -0.122. The van der Waals surface area contributed by atoms with Gasteiger partial charge in [-0.3, -0.25) is 38.9 Å². The first kappa shape index (κ1) is 39.1. The van der Waals surface area contributed by atoms with E-state index in [2.05, 4.69) is 61.4 Å². The third-order valence-electron chi connectivity index (χ3n) is 9.82. The molecule has 0 unspecified atom stereocenters. The Bertz CT molecular complexity index is 2960. The zero-order valence-corrected chi connectivity index (χ0v) is 33.2. The van der Waals surface area contributed by atoms with Crippen LogP contribution >= 0.6 is 0 Å². The van der Waals surface area contributed by atoms with Gasteiger partial charge in [0.05, 0.1) is 35.2 Å². The van der Waals surface area contributed by atoms with E-state index >= 15 is 4.39 Å². The Labute approximate surface area is 341 Å². The molecule has 0 fully saturated rings. The number of hydrogen-bond acceptors (Lipinski definition) is 12. The number of carbonyl (C=O) groups is 2. The lowest BCUT2D eigenvalue weighted by Crippen LogP contribution is -2.28. The number of amides is 2. The van der Waals surface area contributed by atoms with Crippen LogP contribution in [0.25, 0.3) is 44.8 Å². The summed E-state index contributed by atoms with van der Waals surface area (Å²) in [5.74, 6) is -1.66. The highest BCUT2D eigenvalue weighted by Gasteiger charge is 2.19. The maximum atomic E-state index is 15.8. The second-order valence-electron chi connectivity index (χ2n) is 14.1. The van der Waals surface area contributed by atoms with Crippen LogP contribution in [-0.2, 0) is 29.2 Å². The topological polar surface area (TPSA) is 195 Å². The van der Waals surface area contributed by atoms with Crippen molar-refractivity contribution in [2.24, 2.45) is 0 Å². The predicted octanol–water partition coefficient (Wildman–Crippen LogP) is 6.15. The van der Waals surface area contributed by atoms with Gasteiger partial charge in [0.1, 0.15) is 46.5 Å². The van der Waals surface area contributed by atoms with Crippen molar-refractivity contribution < 1.29 is 18.4 Å². The molecular weight excluding hydrogens is 771 g/mol. The number of hydrogen-bond donors (Lipinski definition) is 4. The lowest BCUT2D eigenvalue weighted by Gasteiger charge is -2.14. The quantitative estimate of drug-likeness (QED) is 0.110. The molecule has 8 heterocycles. The van der Waals surface area contributed by atoms with Gasteiger partial charge in [0.2, 0.25) is 11.8 Å². The molecule has 0 spiro atoms. The fraction of sp³-hybridized carbons (Fsp3) is 0.190. The van der Waals surface area contributed by atoms with E-state index < -0.39 is 11.6 Å². The van der Waals surface area contributed by atoms with Crippen LogP contribution in [0.1, 0.15) is 28.1 Å². The number of pyridine rings is 6. The molecule has 60 heavy (non-hydrogen) atoms. The highest BCUT2D eigenvalue weighted by Crippen LogP contribution is 2.32. The molecule has 2 amide bonds. The van der Waals surface area contributed by atoms with E-state index in [1.807, 2.05) is 13.8 Å². The van der Waals surface area contributed by atoms with E-state index in [0.717, 1.165) is 11.1 Å². The Morgan fingerprint density at radius 1 is 0.700 bits per heavy atom. The van der Waals surface area contributed by atoms with Crippen molar-refractivity contribution in [1.82, 2.24) is 60.1 Å². The maximum Gasteiger partial charge on any atom is 0.242 e. The molecule has 0 aliphatic heterocycles. The summed E-state index contributed by atoms with van der Waals surface area (Å²) in [6.07, 6.45) is 9.77. The number of rotatable bonds is 12. The fourth-order valence-electron chi connectivity index (χ4n) is 6.56. The van der Waals surface area contributed by atoms with Gasteiger partial charge in [0.15, 0.2) is 11.6 Å². The van der Waals surface area contributed by atoms with Crippen molar-refractivity contribution in [3.05, 3.63) is 119 Å². The summed E-state index contributed by atoms with van der Waals surface area (Å²) >= 11 is 0. The van der Waals surface area contributed by atoms with Crippen molar-refractivity contribution in [2.45, 2.75) is 47.3 Å². The van der Waals surface area contributed by atoms with Gasteiger partial charge < -0.3 is 21.3 Å². The molecule has 0 aliphatic carbocycles. The molecule has 302 valence electrons. The summed E-state index contributed by atoms with van der Waals surface area (Å²) < 4.78 is 33.5. The van der Waals surface area contributed by atoms with Crippen LogP contribution < -0.4 is 21.3 Å². The van der Waals surface area contributed by atoms with Crippen LogP contribution in [-0.4, -0.2) is 68.3 Å². The summed E-state index contributed by atoms with van der Waals surface area (Å²) in [4.78, 5) is 51.8. The summed E-state index contributed by atoms with van der Waals surface area (Å²) in [6.45, 7) is 7.16. The monoisotopic (exact) mass is 808 g/mol. The number of aromatic nitrogens is 10. The third-order valence-corrected chi connectivity index (χ3v) is 9.82. The van der Waals surface area contributed by atoms with Gasteiger partial charge in [-0.15, -0.1) is 0 Å². The summed E-state index contributed by atoms with van der Waals surface area (Å²) in [6, 6.07) is 11.3. The fourth-order valence-corrected chi connectivity index (χ4v) is 6.56. The van der Waals surface area contributed by atoms with E-state index in [4.69, 9.17) is 0 Å². The Balaban J connectivity index is 0.968. The van der Waals surface area contributed by atoms with E-state index in [1.165, 1.54) is 21.5 Å².